The molecule has 0 aromatic carbocycles. The molecule has 114 valence electrons. The van der Waals surface area contributed by atoms with Crippen LogP contribution in [0.2, 0.25) is 0 Å². The Kier molecular flexibility index (Phi) is 4.75. The van der Waals surface area contributed by atoms with Crippen LogP contribution in [-0.2, 0) is 4.79 Å². The van der Waals surface area contributed by atoms with Crippen LogP contribution in [-0.4, -0.2) is 38.3 Å². The quantitative estimate of drug-likeness (QED) is 0.403. The lowest BCUT2D eigenvalue weighted by Gasteiger charge is -2.11. The van der Waals surface area contributed by atoms with Crippen LogP contribution < -0.4 is 22.0 Å². The van der Waals surface area contributed by atoms with Crippen molar-refractivity contribution >= 4 is 17.9 Å². The number of hydrazone groups is 1. The van der Waals surface area contributed by atoms with E-state index in [-0.39, 0.29) is 5.82 Å². The molecule has 0 spiro atoms. The summed E-state index contributed by atoms with van der Waals surface area (Å²) in [7, 11) is 0. The van der Waals surface area contributed by atoms with Crippen molar-refractivity contribution in [3.63, 3.8) is 0 Å². The van der Waals surface area contributed by atoms with Crippen LogP contribution in [0.4, 0.5) is 5.82 Å². The molecule has 0 aliphatic heterocycles. The fourth-order valence-corrected chi connectivity index (χ4v) is 1.43. The Hall–Kier alpha value is -3.30. The highest BCUT2D eigenvalue weighted by molar-refractivity contribution is 5.86. The predicted octanol–water partition coefficient (Wildman–Crippen LogP) is -1.20. The molecule has 1 atom stereocenters. The molecule has 0 aliphatic rings. The maximum absolute atomic E-state index is 11.8. The third-order valence-corrected chi connectivity index (χ3v) is 2.55. The van der Waals surface area contributed by atoms with E-state index in [1.807, 2.05) is 4.98 Å². The zero-order valence-corrected chi connectivity index (χ0v) is 11.5. The number of hydrogen-bond donors (Lipinski definition) is 4. The standard InChI is InChI=1S/C12H13N7O3/c1-7(15-9-11(21)16-12(22)19-17-9)10(20)18-14-6-8-2-4-13-5-3-8/h2-7H,1H3,(H,15,17)(H,18,20)(H2,16,19,21,22)/b14-6-/t7-/m1/s1. The molecular formula is C12H13N7O3. The topological polar surface area (TPSA) is 145 Å². The minimum atomic E-state index is -0.783. The van der Waals surface area contributed by atoms with E-state index < -0.39 is 23.2 Å². The van der Waals surface area contributed by atoms with Crippen LogP contribution in [0.3, 0.4) is 0 Å². The number of anilines is 1. The summed E-state index contributed by atoms with van der Waals surface area (Å²) in [5.41, 5.74) is 1.64. The number of hydrogen-bond acceptors (Lipinski definition) is 7. The zero-order chi connectivity index (χ0) is 15.9. The Morgan fingerprint density at radius 2 is 2.09 bits per heavy atom. The minimum absolute atomic E-state index is 0.166. The summed E-state index contributed by atoms with van der Waals surface area (Å²) in [6, 6.07) is 2.66. The van der Waals surface area contributed by atoms with E-state index in [9.17, 15) is 14.4 Å². The number of aromatic amines is 2. The van der Waals surface area contributed by atoms with Gasteiger partial charge in [-0.25, -0.2) is 15.3 Å². The molecule has 4 N–H and O–H groups in total. The monoisotopic (exact) mass is 303 g/mol. The van der Waals surface area contributed by atoms with Crippen LogP contribution in [0.5, 0.6) is 0 Å². The molecule has 2 rings (SSSR count). The lowest BCUT2D eigenvalue weighted by atomic mass is 10.3. The normalized spacial score (nSPS) is 12.0. The van der Waals surface area contributed by atoms with E-state index in [4.69, 9.17) is 0 Å². The molecular weight excluding hydrogens is 290 g/mol. The summed E-state index contributed by atoms with van der Waals surface area (Å²) in [5.74, 6) is -0.641. The number of pyridine rings is 1. The third-order valence-electron chi connectivity index (χ3n) is 2.55. The summed E-state index contributed by atoms with van der Waals surface area (Å²) >= 11 is 0. The van der Waals surface area contributed by atoms with Crippen LogP contribution in [0.1, 0.15) is 12.5 Å². The Balaban J connectivity index is 1.93. The van der Waals surface area contributed by atoms with Crippen LogP contribution in [0, 0.1) is 0 Å². The van der Waals surface area contributed by atoms with Gasteiger partial charge in [-0.3, -0.25) is 19.6 Å². The maximum atomic E-state index is 11.8. The number of nitrogens with zero attached hydrogens (tertiary/aromatic N) is 3. The Morgan fingerprint density at radius 3 is 2.77 bits per heavy atom. The number of aromatic nitrogens is 4. The van der Waals surface area contributed by atoms with E-state index in [1.165, 1.54) is 13.1 Å². The molecule has 10 nitrogen and oxygen atoms in total. The lowest BCUT2D eigenvalue weighted by molar-refractivity contribution is -0.121. The summed E-state index contributed by atoms with van der Waals surface area (Å²) in [4.78, 5) is 39.9. The molecule has 0 saturated heterocycles. The lowest BCUT2D eigenvalue weighted by Crippen LogP contribution is -2.38. The van der Waals surface area contributed by atoms with Crippen molar-refractivity contribution in [2.24, 2.45) is 5.10 Å². The first-order valence-corrected chi connectivity index (χ1v) is 6.25. The van der Waals surface area contributed by atoms with Crippen molar-refractivity contribution in [2.75, 3.05) is 5.32 Å². The molecule has 22 heavy (non-hydrogen) atoms. The minimum Gasteiger partial charge on any atom is -0.353 e. The van der Waals surface area contributed by atoms with Crippen LogP contribution in [0.25, 0.3) is 0 Å². The molecule has 2 heterocycles. The predicted molar refractivity (Wildman–Crippen MR) is 78.5 cm³/mol. The number of amides is 1. The zero-order valence-electron chi connectivity index (χ0n) is 11.5. The van der Waals surface area contributed by atoms with E-state index in [0.717, 1.165) is 5.56 Å². The molecule has 0 fully saturated rings. The van der Waals surface area contributed by atoms with Crippen molar-refractivity contribution in [1.82, 2.24) is 25.6 Å². The SMILES string of the molecule is C[C@@H](Nc1n[nH]c(=O)[nH]c1=O)C(=O)N/N=C\c1ccncc1. The maximum Gasteiger partial charge on any atom is 0.342 e. The summed E-state index contributed by atoms with van der Waals surface area (Å²) in [6.45, 7) is 1.52. The first kappa shape index (κ1) is 15.1. The molecule has 1 amide bonds. The smallest absolute Gasteiger partial charge is 0.342 e. The van der Waals surface area contributed by atoms with Gasteiger partial charge < -0.3 is 5.32 Å². The molecule has 0 saturated carbocycles. The van der Waals surface area contributed by atoms with E-state index in [1.54, 1.807) is 24.5 Å². The Bertz CT molecular complexity index is 781. The second-order valence-electron chi connectivity index (χ2n) is 4.24. The number of carbonyl (C=O) groups is 1. The van der Waals surface area contributed by atoms with E-state index >= 15 is 0 Å². The molecule has 2 aromatic rings. The Morgan fingerprint density at radius 1 is 1.36 bits per heavy atom. The average Bonchev–Trinajstić information content (AvgIpc) is 2.51. The Labute approximate surface area is 123 Å². The highest BCUT2D eigenvalue weighted by atomic mass is 16.2. The molecule has 2 aromatic heterocycles. The largest absolute Gasteiger partial charge is 0.353 e. The van der Waals surface area contributed by atoms with Crippen molar-refractivity contribution < 1.29 is 4.79 Å². The van der Waals surface area contributed by atoms with Gasteiger partial charge in [0.15, 0.2) is 0 Å². The van der Waals surface area contributed by atoms with Gasteiger partial charge in [0, 0.05) is 12.4 Å². The molecule has 0 bridgehead atoms. The van der Waals surface area contributed by atoms with E-state index in [0.29, 0.717) is 0 Å². The van der Waals surface area contributed by atoms with Crippen molar-refractivity contribution in [3.8, 4) is 0 Å². The summed E-state index contributed by atoms with van der Waals surface area (Å²) in [6.07, 6.45) is 4.65. The molecule has 0 radical (unpaired) electrons. The third kappa shape index (κ3) is 4.10. The van der Waals surface area contributed by atoms with Crippen molar-refractivity contribution in [3.05, 3.63) is 50.9 Å². The number of carbonyl (C=O) groups excluding carboxylic acids is 1. The van der Waals surface area contributed by atoms with E-state index in [2.05, 4.69) is 31.0 Å². The van der Waals surface area contributed by atoms with Gasteiger partial charge in [0.1, 0.15) is 6.04 Å². The fourth-order valence-electron chi connectivity index (χ4n) is 1.43. The van der Waals surface area contributed by atoms with Gasteiger partial charge in [0.25, 0.3) is 11.5 Å². The average molecular weight is 303 g/mol. The van der Waals surface area contributed by atoms with Gasteiger partial charge in [-0.2, -0.15) is 5.10 Å². The first-order chi connectivity index (χ1) is 10.6. The molecule has 0 unspecified atom stereocenters. The molecule has 0 aliphatic carbocycles. The van der Waals surface area contributed by atoms with Crippen LogP contribution >= 0.6 is 0 Å². The second-order valence-corrected chi connectivity index (χ2v) is 4.24. The first-order valence-electron chi connectivity index (χ1n) is 6.25. The van der Waals surface area contributed by atoms with Gasteiger partial charge >= 0.3 is 5.69 Å². The number of nitrogens with one attached hydrogen (secondary N) is 4. The van der Waals surface area contributed by atoms with Gasteiger partial charge in [-0.05, 0) is 24.6 Å². The summed E-state index contributed by atoms with van der Waals surface area (Å²) in [5, 5.41) is 11.9. The highest BCUT2D eigenvalue weighted by Gasteiger charge is 2.14. The second kappa shape index (κ2) is 6.92. The van der Waals surface area contributed by atoms with Gasteiger partial charge in [0.2, 0.25) is 5.82 Å². The number of H-pyrrole nitrogens is 2. The highest BCUT2D eigenvalue weighted by Crippen LogP contribution is 1.94. The van der Waals surface area contributed by atoms with Gasteiger partial charge in [0.05, 0.1) is 6.21 Å². The molecule has 10 heteroatoms. The number of rotatable bonds is 5. The fraction of sp³-hybridized carbons (Fsp3) is 0.167. The summed E-state index contributed by atoms with van der Waals surface area (Å²) < 4.78 is 0. The van der Waals surface area contributed by atoms with Crippen LogP contribution in [0.15, 0.2) is 39.2 Å². The van der Waals surface area contributed by atoms with Gasteiger partial charge in [-0.15, -0.1) is 5.10 Å². The van der Waals surface area contributed by atoms with Crippen molar-refractivity contribution in [2.45, 2.75) is 13.0 Å². The van der Waals surface area contributed by atoms with Crippen molar-refractivity contribution in [1.29, 1.82) is 0 Å². The van der Waals surface area contributed by atoms with Gasteiger partial charge in [-0.1, -0.05) is 0 Å².